The second-order valence-corrected chi connectivity index (χ2v) is 5.66. The largest absolute Gasteiger partial charge is 0.490 e. The number of hydrogen-bond acceptors (Lipinski definition) is 3. The lowest BCUT2D eigenvalue weighted by Gasteiger charge is -2.27. The number of carboxylic acid groups (broad SMARTS) is 1. The number of carbonyl (C=O) groups is 1. The monoisotopic (exact) mass is 316 g/mol. The molecule has 1 unspecified atom stereocenters. The van der Waals surface area contributed by atoms with Gasteiger partial charge in [-0.15, -0.1) is 0 Å². The summed E-state index contributed by atoms with van der Waals surface area (Å²) in [6, 6.07) is 4.68. The first-order chi connectivity index (χ1) is 8.24. The fourth-order valence-corrected chi connectivity index (χ4v) is 1.52. The highest BCUT2D eigenvalue weighted by Crippen LogP contribution is 2.26. The van der Waals surface area contributed by atoms with E-state index in [4.69, 9.17) is 9.84 Å². The van der Waals surface area contributed by atoms with Crippen molar-refractivity contribution in [3.05, 3.63) is 28.2 Å². The number of halogens is 1. The molecule has 0 saturated carbocycles. The van der Waals surface area contributed by atoms with E-state index < -0.39 is 11.6 Å². The molecule has 2 N–H and O–H groups in total. The summed E-state index contributed by atoms with van der Waals surface area (Å²) in [6.45, 7) is 5.46. The lowest BCUT2D eigenvalue weighted by molar-refractivity contribution is -0.0269. The Balaban J connectivity index is 2.90. The Morgan fingerprint density at radius 2 is 2.11 bits per heavy atom. The normalized spacial score (nSPS) is 14.3. The molecule has 1 rings (SSSR count). The van der Waals surface area contributed by atoms with E-state index >= 15 is 0 Å². The van der Waals surface area contributed by atoms with Crippen molar-refractivity contribution in [1.82, 2.24) is 0 Å². The summed E-state index contributed by atoms with van der Waals surface area (Å²) in [5.74, 6) is -0.794. The fraction of sp³-hybridized carbons (Fsp3) is 0.462. The average molecular weight is 317 g/mol. The van der Waals surface area contributed by atoms with Crippen LogP contribution in [-0.2, 0) is 0 Å². The molecule has 0 aliphatic carbocycles. The van der Waals surface area contributed by atoms with Crippen molar-refractivity contribution in [2.45, 2.75) is 26.4 Å². The van der Waals surface area contributed by atoms with Gasteiger partial charge in [0, 0.05) is 4.47 Å². The summed E-state index contributed by atoms with van der Waals surface area (Å²) in [5.41, 5.74) is -0.921. The Morgan fingerprint density at radius 1 is 1.50 bits per heavy atom. The van der Waals surface area contributed by atoms with Gasteiger partial charge in [0.05, 0.1) is 5.60 Å². The summed E-state index contributed by atoms with van der Waals surface area (Å²) in [7, 11) is 0. The van der Waals surface area contributed by atoms with E-state index in [-0.39, 0.29) is 23.8 Å². The summed E-state index contributed by atoms with van der Waals surface area (Å²) >= 11 is 3.26. The molecule has 1 aromatic rings. The van der Waals surface area contributed by atoms with Gasteiger partial charge in [-0.2, -0.15) is 0 Å². The third-order valence-corrected chi connectivity index (χ3v) is 3.43. The molecule has 0 spiro atoms. The first-order valence-electron chi connectivity index (χ1n) is 5.62. The predicted molar refractivity (Wildman–Crippen MR) is 72.1 cm³/mol. The molecule has 1 aromatic carbocycles. The van der Waals surface area contributed by atoms with Crippen molar-refractivity contribution in [2.75, 3.05) is 6.61 Å². The first-order valence-corrected chi connectivity index (χ1v) is 6.41. The molecule has 0 heterocycles. The zero-order chi connectivity index (χ0) is 13.9. The molecule has 0 saturated heterocycles. The maximum Gasteiger partial charge on any atom is 0.339 e. The van der Waals surface area contributed by atoms with Gasteiger partial charge in [0.15, 0.2) is 0 Å². The summed E-state index contributed by atoms with van der Waals surface area (Å²) < 4.78 is 6.17. The first kappa shape index (κ1) is 15.0. The fourth-order valence-electron chi connectivity index (χ4n) is 1.18. The van der Waals surface area contributed by atoms with Gasteiger partial charge >= 0.3 is 5.97 Å². The Kier molecular flexibility index (Phi) is 4.76. The van der Waals surface area contributed by atoms with Crippen LogP contribution in [0.25, 0.3) is 0 Å². The zero-order valence-corrected chi connectivity index (χ0v) is 12.2. The van der Waals surface area contributed by atoms with Crippen LogP contribution in [0.5, 0.6) is 5.75 Å². The highest BCUT2D eigenvalue weighted by molar-refractivity contribution is 9.10. The minimum absolute atomic E-state index is 0.0120. The topological polar surface area (TPSA) is 66.8 Å². The molecule has 0 aromatic heterocycles. The molecule has 0 fully saturated rings. The summed E-state index contributed by atoms with van der Waals surface area (Å²) in [4.78, 5) is 11.0. The SMILES string of the molecule is CC(C)C(C)(O)COc1cc(Br)ccc1C(=O)O. The summed E-state index contributed by atoms with van der Waals surface area (Å²) in [5, 5.41) is 19.1. The van der Waals surface area contributed by atoms with Crippen molar-refractivity contribution in [2.24, 2.45) is 5.92 Å². The van der Waals surface area contributed by atoms with Crippen molar-refractivity contribution in [3.8, 4) is 5.75 Å². The quantitative estimate of drug-likeness (QED) is 0.876. The van der Waals surface area contributed by atoms with Crippen LogP contribution < -0.4 is 4.74 Å². The molecule has 0 amide bonds. The highest BCUT2D eigenvalue weighted by atomic mass is 79.9. The second-order valence-electron chi connectivity index (χ2n) is 4.75. The van der Waals surface area contributed by atoms with E-state index in [1.165, 1.54) is 6.07 Å². The van der Waals surface area contributed by atoms with Crippen LogP contribution in [-0.4, -0.2) is 28.4 Å². The molecule has 1 atom stereocenters. The molecule has 0 aliphatic heterocycles. The number of ether oxygens (including phenoxy) is 1. The molecule has 100 valence electrons. The third-order valence-electron chi connectivity index (χ3n) is 2.94. The van der Waals surface area contributed by atoms with Gasteiger partial charge in [-0.25, -0.2) is 4.79 Å². The predicted octanol–water partition coefficient (Wildman–Crippen LogP) is 2.93. The minimum Gasteiger partial charge on any atom is -0.490 e. The van der Waals surface area contributed by atoms with Crippen molar-refractivity contribution in [3.63, 3.8) is 0 Å². The van der Waals surface area contributed by atoms with Crippen LogP contribution in [0.4, 0.5) is 0 Å². The minimum atomic E-state index is -1.05. The number of benzene rings is 1. The Hall–Kier alpha value is -1.07. The molecule has 5 heteroatoms. The van der Waals surface area contributed by atoms with Gasteiger partial charge in [0.1, 0.15) is 17.9 Å². The maximum atomic E-state index is 11.0. The van der Waals surface area contributed by atoms with Crippen LogP contribution in [0, 0.1) is 5.92 Å². The highest BCUT2D eigenvalue weighted by Gasteiger charge is 2.26. The molecule has 0 radical (unpaired) electrons. The van der Waals surface area contributed by atoms with Gasteiger partial charge in [-0.1, -0.05) is 29.8 Å². The third kappa shape index (κ3) is 3.71. The number of rotatable bonds is 5. The van der Waals surface area contributed by atoms with Gasteiger partial charge in [0.25, 0.3) is 0 Å². The Labute approximate surface area is 115 Å². The van der Waals surface area contributed by atoms with Crippen molar-refractivity contribution in [1.29, 1.82) is 0 Å². The zero-order valence-electron chi connectivity index (χ0n) is 10.6. The van der Waals surface area contributed by atoms with E-state index in [9.17, 15) is 9.90 Å². The van der Waals surface area contributed by atoms with Crippen LogP contribution in [0.2, 0.25) is 0 Å². The van der Waals surface area contributed by atoms with Crippen LogP contribution in [0.1, 0.15) is 31.1 Å². The Bertz CT molecular complexity index is 441. The second kappa shape index (κ2) is 5.71. The van der Waals surface area contributed by atoms with Crippen molar-refractivity contribution < 1.29 is 19.7 Å². The van der Waals surface area contributed by atoms with Gasteiger partial charge < -0.3 is 14.9 Å². The molecular weight excluding hydrogens is 300 g/mol. The summed E-state index contributed by atoms with van der Waals surface area (Å²) in [6.07, 6.45) is 0. The van der Waals surface area contributed by atoms with Gasteiger partial charge in [-0.05, 0) is 31.0 Å². The van der Waals surface area contributed by atoms with Gasteiger partial charge in [0.2, 0.25) is 0 Å². The van der Waals surface area contributed by atoms with Crippen molar-refractivity contribution >= 4 is 21.9 Å². The van der Waals surface area contributed by atoms with E-state index in [1.807, 2.05) is 13.8 Å². The Morgan fingerprint density at radius 3 is 2.61 bits per heavy atom. The molecule has 0 aliphatic rings. The van der Waals surface area contributed by atoms with E-state index in [1.54, 1.807) is 19.1 Å². The van der Waals surface area contributed by atoms with Crippen LogP contribution >= 0.6 is 15.9 Å². The van der Waals surface area contributed by atoms with E-state index in [2.05, 4.69) is 15.9 Å². The van der Waals surface area contributed by atoms with E-state index in [0.29, 0.717) is 0 Å². The number of carboxylic acids is 1. The van der Waals surface area contributed by atoms with E-state index in [0.717, 1.165) is 4.47 Å². The molecule has 18 heavy (non-hydrogen) atoms. The molecule has 4 nitrogen and oxygen atoms in total. The van der Waals surface area contributed by atoms with Crippen LogP contribution in [0.15, 0.2) is 22.7 Å². The standard InChI is InChI=1S/C13H17BrO4/c1-8(2)13(3,17)7-18-11-6-9(14)4-5-10(11)12(15)16/h4-6,8,17H,7H2,1-3H3,(H,15,16). The maximum absolute atomic E-state index is 11.0. The number of aromatic carboxylic acids is 1. The number of hydrogen-bond donors (Lipinski definition) is 2. The molecule has 0 bridgehead atoms. The molecular formula is C13H17BrO4. The van der Waals surface area contributed by atoms with Gasteiger partial charge in [-0.3, -0.25) is 0 Å². The lowest BCUT2D eigenvalue weighted by atomic mass is 9.94. The lowest BCUT2D eigenvalue weighted by Crippen LogP contribution is -2.38. The number of aliphatic hydroxyl groups is 1. The smallest absolute Gasteiger partial charge is 0.339 e. The van der Waals surface area contributed by atoms with Crippen LogP contribution in [0.3, 0.4) is 0 Å². The average Bonchev–Trinajstić information content (AvgIpc) is 2.26.